The Morgan fingerprint density at radius 2 is 2.12 bits per heavy atom. The van der Waals surface area contributed by atoms with Gasteiger partial charge < -0.3 is 15.0 Å². The third-order valence-electron chi connectivity index (χ3n) is 4.16. The molecule has 0 spiro atoms. The number of hydrogen-bond acceptors (Lipinski definition) is 5. The number of pyridine rings is 1. The Balaban J connectivity index is 0.00000338. The second-order valence-corrected chi connectivity index (χ2v) is 9.82. The molecule has 9 heteroatoms. The van der Waals surface area contributed by atoms with Gasteiger partial charge >= 0.3 is 0 Å². The van der Waals surface area contributed by atoms with Crippen molar-refractivity contribution in [3.05, 3.63) is 23.9 Å². The number of aliphatic imine (C=N–C) groups is 1. The van der Waals surface area contributed by atoms with Crippen molar-refractivity contribution >= 4 is 39.8 Å². The van der Waals surface area contributed by atoms with Crippen LogP contribution in [0.25, 0.3) is 0 Å². The average Bonchev–Trinajstić information content (AvgIpc) is 2.52. The van der Waals surface area contributed by atoms with Crippen LogP contribution in [-0.2, 0) is 16.4 Å². The lowest BCUT2D eigenvalue weighted by atomic mass is 10.2. The summed E-state index contributed by atoms with van der Waals surface area (Å²) in [5.41, 5.74) is 1.00. The normalized spacial score (nSPS) is 19.0. The van der Waals surface area contributed by atoms with Crippen LogP contribution < -0.4 is 10.1 Å². The Hall–Kier alpha value is -1.10. The van der Waals surface area contributed by atoms with Crippen molar-refractivity contribution in [3.8, 4) is 5.88 Å². The van der Waals surface area contributed by atoms with Crippen molar-refractivity contribution in [3.63, 3.8) is 0 Å². The highest BCUT2D eigenvalue weighted by atomic mass is 127. The van der Waals surface area contributed by atoms with Crippen molar-refractivity contribution in [2.75, 3.05) is 25.9 Å². The Kier molecular flexibility index (Phi) is 8.12. The summed E-state index contributed by atoms with van der Waals surface area (Å²) in [6, 6.07) is 3.80. The summed E-state index contributed by atoms with van der Waals surface area (Å²) in [6.07, 6.45) is 1.86. The predicted molar refractivity (Wildman–Crippen MR) is 115 cm³/mol. The van der Waals surface area contributed by atoms with Crippen LogP contribution in [0.4, 0.5) is 0 Å². The molecule has 1 aromatic heterocycles. The highest BCUT2D eigenvalue weighted by Crippen LogP contribution is 2.23. The van der Waals surface area contributed by atoms with Crippen molar-refractivity contribution in [2.45, 2.75) is 45.1 Å². The van der Waals surface area contributed by atoms with Crippen molar-refractivity contribution in [2.24, 2.45) is 4.99 Å². The molecule has 1 N–H and O–H groups in total. The molecule has 1 aliphatic rings. The van der Waals surface area contributed by atoms with E-state index in [1.165, 1.54) is 0 Å². The molecule has 2 heterocycles. The molecular formula is C17H29IN4O3S. The average molecular weight is 496 g/mol. The Bertz CT molecular complexity index is 718. The van der Waals surface area contributed by atoms with E-state index in [1.807, 2.05) is 30.9 Å². The van der Waals surface area contributed by atoms with Gasteiger partial charge in [-0.25, -0.2) is 13.4 Å². The Labute approximate surface area is 173 Å². The maximum absolute atomic E-state index is 12.1. The predicted octanol–water partition coefficient (Wildman–Crippen LogP) is 2.07. The molecule has 0 unspecified atom stereocenters. The SMILES string of the molecule is CN=C(NCc1ccc(OC(C)C)nc1)N1CCS(=O)(=O)C(C)(C)C1.I. The van der Waals surface area contributed by atoms with Gasteiger partial charge in [-0.1, -0.05) is 6.07 Å². The second kappa shape index (κ2) is 9.20. The van der Waals surface area contributed by atoms with E-state index in [-0.39, 0.29) is 35.8 Å². The lowest BCUT2D eigenvalue weighted by Gasteiger charge is -2.39. The third-order valence-corrected chi connectivity index (χ3v) is 6.69. The molecule has 148 valence electrons. The summed E-state index contributed by atoms with van der Waals surface area (Å²) in [7, 11) is -1.36. The van der Waals surface area contributed by atoms with Crippen molar-refractivity contribution in [1.29, 1.82) is 0 Å². The highest BCUT2D eigenvalue weighted by Gasteiger charge is 2.40. The molecule has 0 saturated carbocycles. The molecule has 0 aromatic carbocycles. The summed E-state index contributed by atoms with van der Waals surface area (Å²) in [6.45, 7) is 8.88. The van der Waals surface area contributed by atoms with E-state index >= 15 is 0 Å². The zero-order chi connectivity index (χ0) is 18.7. The van der Waals surface area contributed by atoms with E-state index < -0.39 is 14.6 Å². The topological polar surface area (TPSA) is 83.9 Å². The van der Waals surface area contributed by atoms with Crippen LogP contribution in [0.1, 0.15) is 33.3 Å². The standard InChI is InChI=1S/C17H28N4O3S.HI/c1-13(2)24-15-7-6-14(10-19-15)11-20-16(18-5)21-8-9-25(22,23)17(3,4)12-21;/h6-7,10,13H,8-9,11-12H2,1-5H3,(H,18,20);1H. The molecule has 1 saturated heterocycles. The zero-order valence-electron chi connectivity index (χ0n) is 16.0. The fraction of sp³-hybridized carbons (Fsp3) is 0.647. The maximum atomic E-state index is 12.1. The van der Waals surface area contributed by atoms with Crippen LogP contribution in [0.2, 0.25) is 0 Å². The fourth-order valence-corrected chi connectivity index (χ4v) is 4.03. The summed E-state index contributed by atoms with van der Waals surface area (Å²) in [4.78, 5) is 10.6. The quantitative estimate of drug-likeness (QED) is 0.391. The van der Waals surface area contributed by atoms with Gasteiger partial charge in [0.15, 0.2) is 15.8 Å². The van der Waals surface area contributed by atoms with E-state index in [2.05, 4.69) is 15.3 Å². The maximum Gasteiger partial charge on any atom is 0.213 e. The van der Waals surface area contributed by atoms with Crippen LogP contribution in [0, 0.1) is 0 Å². The molecule has 0 bridgehead atoms. The first-order valence-electron chi connectivity index (χ1n) is 8.44. The van der Waals surface area contributed by atoms with E-state index in [0.29, 0.717) is 31.5 Å². The number of halogens is 1. The summed E-state index contributed by atoms with van der Waals surface area (Å²) in [5.74, 6) is 1.44. The lowest BCUT2D eigenvalue weighted by molar-refractivity contribution is 0.232. The van der Waals surface area contributed by atoms with Gasteiger partial charge in [0.05, 0.1) is 16.6 Å². The number of hydrogen-bond donors (Lipinski definition) is 1. The zero-order valence-corrected chi connectivity index (χ0v) is 19.2. The molecular weight excluding hydrogens is 467 g/mol. The van der Waals surface area contributed by atoms with Gasteiger partial charge in [0.1, 0.15) is 0 Å². The van der Waals surface area contributed by atoms with E-state index in [1.54, 1.807) is 27.1 Å². The highest BCUT2D eigenvalue weighted by molar-refractivity contribution is 14.0. The summed E-state index contributed by atoms with van der Waals surface area (Å²) < 4.78 is 29.0. The Morgan fingerprint density at radius 3 is 2.62 bits per heavy atom. The minimum atomic E-state index is -3.07. The van der Waals surface area contributed by atoms with Crippen LogP contribution in [0.15, 0.2) is 23.3 Å². The first kappa shape index (κ1) is 22.9. The van der Waals surface area contributed by atoms with Crippen molar-refractivity contribution < 1.29 is 13.2 Å². The number of rotatable bonds is 4. The monoisotopic (exact) mass is 496 g/mol. The van der Waals surface area contributed by atoms with Gasteiger partial charge in [-0.3, -0.25) is 4.99 Å². The van der Waals surface area contributed by atoms with Gasteiger partial charge in [-0.05, 0) is 33.3 Å². The van der Waals surface area contributed by atoms with Gasteiger partial charge in [-0.2, -0.15) is 0 Å². The molecule has 0 atom stereocenters. The molecule has 0 amide bonds. The van der Waals surface area contributed by atoms with Crippen LogP contribution >= 0.6 is 24.0 Å². The molecule has 0 aliphatic carbocycles. The number of aromatic nitrogens is 1. The van der Waals surface area contributed by atoms with Crippen molar-refractivity contribution in [1.82, 2.24) is 15.2 Å². The first-order valence-corrected chi connectivity index (χ1v) is 10.1. The second-order valence-electron chi connectivity index (χ2n) is 7.07. The molecule has 7 nitrogen and oxygen atoms in total. The van der Waals surface area contributed by atoms with E-state index in [4.69, 9.17) is 4.74 Å². The smallest absolute Gasteiger partial charge is 0.213 e. The molecule has 1 fully saturated rings. The third kappa shape index (κ3) is 5.70. The number of nitrogens with one attached hydrogen (secondary N) is 1. The molecule has 0 radical (unpaired) electrons. The largest absolute Gasteiger partial charge is 0.475 e. The minimum absolute atomic E-state index is 0. The lowest BCUT2D eigenvalue weighted by Crippen LogP contribution is -2.57. The van der Waals surface area contributed by atoms with E-state index in [0.717, 1.165) is 5.56 Å². The number of nitrogens with zero attached hydrogens (tertiary/aromatic N) is 3. The van der Waals surface area contributed by atoms with Crippen LogP contribution in [0.3, 0.4) is 0 Å². The molecule has 2 rings (SSSR count). The summed E-state index contributed by atoms with van der Waals surface area (Å²) in [5, 5.41) is 3.28. The van der Waals surface area contributed by atoms with Crippen LogP contribution in [-0.4, -0.2) is 61.0 Å². The number of sulfone groups is 1. The fourth-order valence-electron chi connectivity index (χ4n) is 2.66. The van der Waals surface area contributed by atoms with E-state index in [9.17, 15) is 8.42 Å². The van der Waals surface area contributed by atoms with Gasteiger partial charge in [0.25, 0.3) is 0 Å². The first-order chi connectivity index (χ1) is 11.6. The summed E-state index contributed by atoms with van der Waals surface area (Å²) >= 11 is 0. The molecule has 1 aromatic rings. The van der Waals surface area contributed by atoms with Crippen LogP contribution in [0.5, 0.6) is 5.88 Å². The minimum Gasteiger partial charge on any atom is -0.475 e. The van der Waals surface area contributed by atoms with Gasteiger partial charge in [0, 0.05) is 38.9 Å². The van der Waals surface area contributed by atoms with Gasteiger partial charge in [-0.15, -0.1) is 24.0 Å². The number of ether oxygens (including phenoxy) is 1. The molecule has 1 aliphatic heterocycles. The van der Waals surface area contributed by atoms with Gasteiger partial charge in [0.2, 0.25) is 5.88 Å². The Morgan fingerprint density at radius 1 is 1.42 bits per heavy atom. The molecule has 26 heavy (non-hydrogen) atoms. The number of guanidine groups is 1.